The van der Waals surface area contributed by atoms with Crippen molar-refractivity contribution in [3.8, 4) is 0 Å². The minimum absolute atomic E-state index is 0.0576. The predicted molar refractivity (Wildman–Crippen MR) is 143 cm³/mol. The molecule has 3 amide bonds. The van der Waals surface area contributed by atoms with Crippen LogP contribution in [0.1, 0.15) is 32.3 Å². The molecule has 3 heterocycles. The van der Waals surface area contributed by atoms with Crippen LogP contribution in [0.25, 0.3) is 11.0 Å². The molecule has 37 heavy (non-hydrogen) atoms. The zero-order chi connectivity index (χ0) is 26.7. The highest BCUT2D eigenvalue weighted by molar-refractivity contribution is 6.30. The largest absolute Gasteiger partial charge is 0.465 e. The molecule has 2 aromatic heterocycles. The van der Waals surface area contributed by atoms with Crippen molar-refractivity contribution in [2.24, 2.45) is 0 Å². The van der Waals surface area contributed by atoms with Gasteiger partial charge in [0.05, 0.1) is 22.7 Å². The minimum atomic E-state index is -1.06. The van der Waals surface area contributed by atoms with Crippen LogP contribution in [0.4, 0.5) is 16.2 Å². The second kappa shape index (κ2) is 11.1. The number of benzene rings is 1. The summed E-state index contributed by atoms with van der Waals surface area (Å²) in [6.07, 6.45) is 2.38. The van der Waals surface area contributed by atoms with E-state index in [9.17, 15) is 19.5 Å². The van der Waals surface area contributed by atoms with Crippen molar-refractivity contribution in [3.63, 3.8) is 0 Å². The number of carbonyl (C=O) groups excluding carboxylic acids is 2. The number of aromatic nitrogens is 2. The van der Waals surface area contributed by atoms with Crippen LogP contribution in [0, 0.1) is 0 Å². The Morgan fingerprint density at radius 3 is 2.41 bits per heavy atom. The van der Waals surface area contributed by atoms with Crippen molar-refractivity contribution in [1.82, 2.24) is 19.8 Å². The average molecular weight is 527 g/mol. The van der Waals surface area contributed by atoms with Crippen LogP contribution in [0.5, 0.6) is 0 Å². The summed E-state index contributed by atoms with van der Waals surface area (Å²) in [5.74, 6) is -0.934. The number of anilines is 2. The molecule has 1 fully saturated rings. The van der Waals surface area contributed by atoms with Crippen LogP contribution >= 0.6 is 11.6 Å². The Hall–Kier alpha value is -3.79. The van der Waals surface area contributed by atoms with E-state index in [0.717, 1.165) is 16.6 Å². The van der Waals surface area contributed by atoms with E-state index in [0.29, 0.717) is 42.5 Å². The van der Waals surface area contributed by atoms with Crippen molar-refractivity contribution < 1.29 is 19.5 Å². The summed E-state index contributed by atoms with van der Waals surface area (Å²) in [6, 6.07) is 8.63. The molecule has 0 aliphatic carbocycles. The lowest BCUT2D eigenvalue weighted by molar-refractivity contribution is -0.133. The first-order valence-electron chi connectivity index (χ1n) is 12.2. The number of rotatable bonds is 7. The van der Waals surface area contributed by atoms with Crippen molar-refractivity contribution in [1.29, 1.82) is 0 Å². The van der Waals surface area contributed by atoms with E-state index in [1.807, 2.05) is 6.07 Å². The SMILES string of the molecule is CC(=O)Nc1c[nH]c2nccc(N3CCN(C(=O)C(CN(C(=O)O)C(C)C)c4ccc(Cl)cc4)CC3)c12. The third-order valence-corrected chi connectivity index (χ3v) is 6.87. The molecular weight excluding hydrogens is 496 g/mol. The van der Waals surface area contributed by atoms with Gasteiger partial charge in [-0.3, -0.25) is 9.59 Å². The van der Waals surface area contributed by atoms with Crippen LogP contribution in [0.2, 0.25) is 5.02 Å². The quantitative estimate of drug-likeness (QED) is 0.428. The summed E-state index contributed by atoms with van der Waals surface area (Å²) in [4.78, 5) is 50.0. The second-order valence-corrected chi connectivity index (χ2v) is 9.82. The fourth-order valence-corrected chi connectivity index (χ4v) is 4.83. The first kappa shape index (κ1) is 26.3. The molecule has 0 spiro atoms. The monoisotopic (exact) mass is 526 g/mol. The van der Waals surface area contributed by atoms with E-state index in [2.05, 4.69) is 20.2 Å². The lowest BCUT2D eigenvalue weighted by Gasteiger charge is -2.38. The summed E-state index contributed by atoms with van der Waals surface area (Å²) < 4.78 is 0. The van der Waals surface area contributed by atoms with Crippen LogP contribution in [0.3, 0.4) is 0 Å². The number of nitrogens with one attached hydrogen (secondary N) is 2. The maximum atomic E-state index is 13.7. The number of fused-ring (bicyclic) bond motifs is 1. The molecule has 10 nitrogen and oxygen atoms in total. The highest BCUT2D eigenvalue weighted by atomic mass is 35.5. The van der Waals surface area contributed by atoms with Gasteiger partial charge >= 0.3 is 6.09 Å². The predicted octanol–water partition coefficient (Wildman–Crippen LogP) is 4.00. The molecule has 1 unspecified atom stereocenters. The van der Waals surface area contributed by atoms with Gasteiger partial charge in [-0.2, -0.15) is 0 Å². The fraction of sp³-hybridized carbons (Fsp3) is 0.385. The molecule has 0 saturated carbocycles. The fourth-order valence-electron chi connectivity index (χ4n) is 4.71. The number of aromatic amines is 1. The Bertz CT molecular complexity index is 1280. The number of H-pyrrole nitrogens is 1. The highest BCUT2D eigenvalue weighted by Gasteiger charge is 2.32. The molecule has 1 aliphatic heterocycles. The summed E-state index contributed by atoms with van der Waals surface area (Å²) in [7, 11) is 0. The molecule has 0 bridgehead atoms. The Labute approximate surface area is 220 Å². The van der Waals surface area contributed by atoms with E-state index in [4.69, 9.17) is 11.6 Å². The summed E-state index contributed by atoms with van der Waals surface area (Å²) in [5, 5.41) is 13.9. The van der Waals surface area contributed by atoms with E-state index >= 15 is 0 Å². The van der Waals surface area contributed by atoms with Gasteiger partial charge in [-0.25, -0.2) is 9.78 Å². The number of amides is 3. The van der Waals surface area contributed by atoms with Gasteiger partial charge in [0.25, 0.3) is 0 Å². The Kier molecular flexibility index (Phi) is 7.87. The van der Waals surface area contributed by atoms with E-state index < -0.39 is 12.0 Å². The zero-order valence-corrected chi connectivity index (χ0v) is 21.8. The molecule has 4 rings (SSSR count). The third-order valence-electron chi connectivity index (χ3n) is 6.61. The zero-order valence-electron chi connectivity index (χ0n) is 21.1. The van der Waals surface area contributed by atoms with Crippen molar-refractivity contribution >= 4 is 51.9 Å². The molecule has 3 aromatic rings. The van der Waals surface area contributed by atoms with Gasteiger partial charge in [0, 0.05) is 63.1 Å². The standard InChI is InChI=1S/C26H31ClN6O4/c1-16(2)33(26(36)37)15-20(18-4-6-19(27)7-5-18)25(35)32-12-10-31(11-13-32)22-8-9-28-24-23(22)21(14-29-24)30-17(3)34/h4-9,14,16,20H,10-13,15H2,1-3H3,(H,28,29)(H,30,34)(H,36,37). The van der Waals surface area contributed by atoms with Gasteiger partial charge in [0.15, 0.2) is 0 Å². The van der Waals surface area contributed by atoms with Gasteiger partial charge in [0.1, 0.15) is 5.65 Å². The van der Waals surface area contributed by atoms with Crippen LogP contribution in [-0.2, 0) is 9.59 Å². The Balaban J connectivity index is 1.54. The maximum absolute atomic E-state index is 13.7. The number of hydrogen-bond acceptors (Lipinski definition) is 5. The summed E-state index contributed by atoms with van der Waals surface area (Å²) in [5.41, 5.74) is 2.99. The number of hydrogen-bond donors (Lipinski definition) is 3. The first-order valence-corrected chi connectivity index (χ1v) is 12.6. The molecule has 1 saturated heterocycles. The minimum Gasteiger partial charge on any atom is -0.465 e. The lowest BCUT2D eigenvalue weighted by atomic mass is 9.96. The maximum Gasteiger partial charge on any atom is 0.407 e. The van der Waals surface area contributed by atoms with Crippen molar-refractivity contribution in [2.75, 3.05) is 42.9 Å². The molecular formula is C26H31ClN6O4. The van der Waals surface area contributed by atoms with Crippen molar-refractivity contribution in [2.45, 2.75) is 32.7 Å². The van der Waals surface area contributed by atoms with E-state index in [1.54, 1.807) is 55.4 Å². The summed E-state index contributed by atoms with van der Waals surface area (Å²) >= 11 is 6.06. The van der Waals surface area contributed by atoms with Crippen LogP contribution < -0.4 is 10.2 Å². The highest BCUT2D eigenvalue weighted by Crippen LogP contribution is 2.33. The third kappa shape index (κ3) is 5.80. The van der Waals surface area contributed by atoms with Gasteiger partial charge in [0.2, 0.25) is 11.8 Å². The van der Waals surface area contributed by atoms with Crippen LogP contribution in [0.15, 0.2) is 42.7 Å². The van der Waals surface area contributed by atoms with Gasteiger partial charge < -0.3 is 30.1 Å². The van der Waals surface area contributed by atoms with E-state index in [1.165, 1.54) is 11.8 Å². The van der Waals surface area contributed by atoms with Gasteiger partial charge in [-0.15, -0.1) is 0 Å². The molecule has 3 N–H and O–H groups in total. The van der Waals surface area contributed by atoms with Gasteiger partial charge in [-0.1, -0.05) is 23.7 Å². The number of nitrogens with zero attached hydrogens (tertiary/aromatic N) is 4. The average Bonchev–Trinajstić information content (AvgIpc) is 3.27. The molecule has 1 aliphatic rings. The van der Waals surface area contributed by atoms with Crippen LogP contribution in [-0.4, -0.2) is 81.5 Å². The molecule has 1 atom stereocenters. The smallest absolute Gasteiger partial charge is 0.407 e. The number of halogens is 1. The second-order valence-electron chi connectivity index (χ2n) is 9.38. The molecule has 196 valence electrons. The van der Waals surface area contributed by atoms with Crippen molar-refractivity contribution in [3.05, 3.63) is 53.3 Å². The first-order chi connectivity index (χ1) is 17.7. The molecule has 1 aromatic carbocycles. The summed E-state index contributed by atoms with van der Waals surface area (Å²) in [6.45, 7) is 7.21. The Morgan fingerprint density at radius 1 is 1.14 bits per heavy atom. The lowest BCUT2D eigenvalue weighted by Crippen LogP contribution is -2.52. The number of pyridine rings is 1. The number of piperazine rings is 1. The van der Waals surface area contributed by atoms with Gasteiger partial charge in [-0.05, 0) is 37.6 Å². The number of carbonyl (C=O) groups is 3. The normalized spacial score (nSPS) is 14.6. The van der Waals surface area contributed by atoms with E-state index in [-0.39, 0.29) is 24.4 Å². The number of carboxylic acid groups (broad SMARTS) is 1. The molecule has 11 heteroatoms. The topological polar surface area (TPSA) is 122 Å². The molecule has 0 radical (unpaired) electrons. The Morgan fingerprint density at radius 2 is 1.81 bits per heavy atom.